The lowest BCUT2D eigenvalue weighted by Crippen LogP contribution is -2.58. The Balaban J connectivity index is 2.39. The predicted octanol–water partition coefficient (Wildman–Crippen LogP) is 1.55. The van der Waals surface area contributed by atoms with Gasteiger partial charge in [-0.05, 0) is 25.0 Å². The molecule has 0 unspecified atom stereocenters. The highest BCUT2D eigenvalue weighted by Crippen LogP contribution is 2.30. The van der Waals surface area contributed by atoms with Crippen molar-refractivity contribution in [1.82, 2.24) is 4.72 Å². The number of nitrogens with one attached hydrogen (secondary N) is 1. The van der Waals surface area contributed by atoms with Gasteiger partial charge in [-0.3, -0.25) is 0 Å². The van der Waals surface area contributed by atoms with E-state index >= 15 is 0 Å². The number of hydrogen-bond acceptors (Lipinski definition) is 4. The topological polar surface area (TPSA) is 105 Å². The molecule has 0 heterocycles. The van der Waals surface area contributed by atoms with E-state index in [0.29, 0.717) is 12.8 Å². The van der Waals surface area contributed by atoms with E-state index in [9.17, 15) is 12.8 Å². The van der Waals surface area contributed by atoms with E-state index in [4.69, 9.17) is 10.9 Å². The van der Waals surface area contributed by atoms with Crippen LogP contribution in [0.1, 0.15) is 32.1 Å². The maximum Gasteiger partial charge on any atom is 0.244 e. The molecule has 8 heteroatoms. The summed E-state index contributed by atoms with van der Waals surface area (Å²) >= 11 is 0. The number of hydrogen-bond donors (Lipinski definition) is 3. The van der Waals surface area contributed by atoms with E-state index in [1.807, 2.05) is 0 Å². The molecule has 2 rings (SSSR count). The minimum atomic E-state index is -4.10. The zero-order valence-electron chi connectivity index (χ0n) is 11.4. The molecule has 1 aliphatic carbocycles. The fraction of sp³-hybridized carbons (Fsp3) is 0.462. The molecule has 116 valence electrons. The zero-order chi connectivity index (χ0) is 15.5. The van der Waals surface area contributed by atoms with Crippen molar-refractivity contribution in [3.63, 3.8) is 0 Å². The highest BCUT2D eigenvalue weighted by molar-refractivity contribution is 7.89. The highest BCUT2D eigenvalue weighted by atomic mass is 32.2. The van der Waals surface area contributed by atoms with Crippen molar-refractivity contribution in [3.05, 3.63) is 30.1 Å². The number of amidine groups is 1. The third-order valence-electron chi connectivity index (χ3n) is 3.76. The van der Waals surface area contributed by atoms with Crippen LogP contribution in [0.15, 0.2) is 34.3 Å². The van der Waals surface area contributed by atoms with Crippen molar-refractivity contribution in [2.45, 2.75) is 42.5 Å². The van der Waals surface area contributed by atoms with Gasteiger partial charge in [-0.25, -0.2) is 12.8 Å². The van der Waals surface area contributed by atoms with Gasteiger partial charge in [0.2, 0.25) is 10.0 Å². The highest BCUT2D eigenvalue weighted by Gasteiger charge is 2.41. The molecular weight excluding hydrogens is 297 g/mol. The van der Waals surface area contributed by atoms with Crippen LogP contribution in [-0.2, 0) is 10.0 Å². The van der Waals surface area contributed by atoms with Crippen molar-refractivity contribution in [1.29, 1.82) is 0 Å². The predicted molar refractivity (Wildman–Crippen MR) is 75.9 cm³/mol. The van der Waals surface area contributed by atoms with E-state index in [-0.39, 0.29) is 5.84 Å². The summed E-state index contributed by atoms with van der Waals surface area (Å²) in [4.78, 5) is -0.444. The molecule has 4 N–H and O–H groups in total. The van der Waals surface area contributed by atoms with Crippen LogP contribution in [0.5, 0.6) is 0 Å². The molecule has 0 saturated heterocycles. The van der Waals surface area contributed by atoms with E-state index in [0.717, 1.165) is 25.3 Å². The summed E-state index contributed by atoms with van der Waals surface area (Å²) in [6.45, 7) is 0. The zero-order valence-corrected chi connectivity index (χ0v) is 12.2. The Morgan fingerprint density at radius 3 is 2.48 bits per heavy atom. The number of oxime groups is 1. The van der Waals surface area contributed by atoms with Crippen molar-refractivity contribution in [2.75, 3.05) is 0 Å². The average molecular weight is 315 g/mol. The number of halogens is 1. The largest absolute Gasteiger partial charge is 0.409 e. The van der Waals surface area contributed by atoms with E-state index in [2.05, 4.69) is 9.88 Å². The first-order valence-electron chi connectivity index (χ1n) is 6.68. The van der Waals surface area contributed by atoms with Crippen LogP contribution in [0.4, 0.5) is 4.39 Å². The van der Waals surface area contributed by atoms with Crippen LogP contribution in [0.2, 0.25) is 0 Å². The lowest BCUT2D eigenvalue weighted by atomic mass is 9.82. The molecule has 0 aromatic heterocycles. The smallest absolute Gasteiger partial charge is 0.244 e. The van der Waals surface area contributed by atoms with Crippen LogP contribution < -0.4 is 10.5 Å². The minimum Gasteiger partial charge on any atom is -0.409 e. The standard InChI is InChI=1S/C13H18FN3O3S/c14-10-6-2-3-7-11(10)21(19,20)17-13(12(15)16-18)8-4-1-5-9-13/h2-3,6-7,17-18H,1,4-5,8-9H2,(H2,15,16). The fourth-order valence-electron chi connectivity index (χ4n) is 2.64. The third kappa shape index (κ3) is 3.16. The van der Waals surface area contributed by atoms with Crippen LogP contribution in [0, 0.1) is 5.82 Å². The molecule has 0 amide bonds. The molecule has 1 saturated carbocycles. The van der Waals surface area contributed by atoms with Crippen molar-refractivity contribution < 1.29 is 18.0 Å². The summed E-state index contributed by atoms with van der Waals surface area (Å²) in [5, 5.41) is 11.9. The number of benzene rings is 1. The molecule has 0 bridgehead atoms. The van der Waals surface area contributed by atoms with E-state index < -0.39 is 26.3 Å². The lowest BCUT2D eigenvalue weighted by molar-refractivity contribution is 0.293. The second-order valence-corrected chi connectivity index (χ2v) is 6.81. The normalized spacial score (nSPS) is 19.4. The van der Waals surface area contributed by atoms with E-state index in [1.54, 1.807) is 0 Å². The summed E-state index contributed by atoms with van der Waals surface area (Å²) in [5.74, 6) is -1.03. The SMILES string of the molecule is N/C(=N/O)C1(NS(=O)(=O)c2ccccc2F)CCCCC1. The lowest BCUT2D eigenvalue weighted by Gasteiger charge is -2.36. The van der Waals surface area contributed by atoms with Gasteiger partial charge in [0.05, 0.1) is 5.54 Å². The maximum absolute atomic E-state index is 13.7. The van der Waals surface area contributed by atoms with Crippen molar-refractivity contribution in [2.24, 2.45) is 10.9 Å². The summed E-state index contributed by atoms with van der Waals surface area (Å²) in [6.07, 6.45) is 3.26. The van der Waals surface area contributed by atoms with Gasteiger partial charge in [-0.1, -0.05) is 36.6 Å². The van der Waals surface area contributed by atoms with Crippen molar-refractivity contribution in [3.8, 4) is 0 Å². The molecule has 0 atom stereocenters. The summed E-state index contributed by atoms with van der Waals surface area (Å²) in [5.41, 5.74) is 4.53. The quantitative estimate of drug-likeness (QED) is 0.339. The summed E-state index contributed by atoms with van der Waals surface area (Å²) in [7, 11) is -4.10. The average Bonchev–Trinajstić information content (AvgIpc) is 2.47. The van der Waals surface area contributed by atoms with Gasteiger partial charge in [-0.15, -0.1) is 0 Å². The van der Waals surface area contributed by atoms with E-state index in [1.165, 1.54) is 18.2 Å². The van der Waals surface area contributed by atoms with Crippen LogP contribution in [-0.4, -0.2) is 25.0 Å². The molecule has 0 aliphatic heterocycles. The van der Waals surface area contributed by atoms with Crippen LogP contribution in [0.25, 0.3) is 0 Å². The molecule has 1 aliphatic rings. The number of nitrogens with two attached hydrogens (primary N) is 1. The Morgan fingerprint density at radius 2 is 1.90 bits per heavy atom. The molecule has 0 spiro atoms. The molecular formula is C13H18FN3O3S. The Bertz CT molecular complexity index is 640. The van der Waals surface area contributed by atoms with Gasteiger partial charge in [0.15, 0.2) is 5.84 Å². The Kier molecular flexibility index (Phi) is 4.48. The van der Waals surface area contributed by atoms with Crippen LogP contribution >= 0.6 is 0 Å². The first-order chi connectivity index (χ1) is 9.91. The number of nitrogens with zero attached hydrogens (tertiary/aromatic N) is 1. The van der Waals surface area contributed by atoms with Gasteiger partial charge >= 0.3 is 0 Å². The van der Waals surface area contributed by atoms with Crippen LogP contribution in [0.3, 0.4) is 0 Å². The van der Waals surface area contributed by atoms with Gasteiger partial charge in [-0.2, -0.15) is 4.72 Å². The Hall–Kier alpha value is -1.67. The maximum atomic E-state index is 13.7. The van der Waals surface area contributed by atoms with Crippen molar-refractivity contribution >= 4 is 15.9 Å². The molecule has 1 aromatic carbocycles. The second kappa shape index (κ2) is 5.98. The number of sulfonamides is 1. The Labute approximate surface area is 122 Å². The molecule has 1 aromatic rings. The second-order valence-electron chi connectivity index (χ2n) is 5.16. The molecule has 21 heavy (non-hydrogen) atoms. The minimum absolute atomic E-state index is 0.192. The third-order valence-corrected chi connectivity index (χ3v) is 5.33. The fourth-order valence-corrected chi connectivity index (χ4v) is 4.15. The monoisotopic (exact) mass is 315 g/mol. The molecule has 0 radical (unpaired) electrons. The Morgan fingerprint density at radius 1 is 1.29 bits per heavy atom. The number of rotatable bonds is 4. The molecule has 1 fully saturated rings. The first kappa shape index (κ1) is 15.7. The van der Waals surface area contributed by atoms with Gasteiger partial charge < -0.3 is 10.9 Å². The van der Waals surface area contributed by atoms with Gasteiger partial charge in [0, 0.05) is 0 Å². The van der Waals surface area contributed by atoms with Gasteiger partial charge in [0.1, 0.15) is 10.7 Å². The summed E-state index contributed by atoms with van der Waals surface area (Å²) < 4.78 is 41.0. The summed E-state index contributed by atoms with van der Waals surface area (Å²) in [6, 6.07) is 5.11. The molecule has 6 nitrogen and oxygen atoms in total. The first-order valence-corrected chi connectivity index (χ1v) is 8.16. The van der Waals surface area contributed by atoms with Gasteiger partial charge in [0.25, 0.3) is 0 Å².